The number of aliphatic imine (C=N–C) groups is 1. The van der Waals surface area contributed by atoms with Gasteiger partial charge in [0.15, 0.2) is 23.6 Å². The molecule has 2 aromatic carbocycles. The largest absolute Gasteiger partial charge is 0.481 e. The van der Waals surface area contributed by atoms with E-state index in [2.05, 4.69) is 4.99 Å². The molecule has 0 amide bonds. The van der Waals surface area contributed by atoms with Crippen molar-refractivity contribution in [2.24, 2.45) is 4.99 Å². The first-order valence-electron chi connectivity index (χ1n) is 7.10. The van der Waals surface area contributed by atoms with Gasteiger partial charge in [0.25, 0.3) is 0 Å². The summed E-state index contributed by atoms with van der Waals surface area (Å²) in [4.78, 5) is 14.9. The Morgan fingerprint density at radius 2 is 1.88 bits per heavy atom. The molecule has 1 aliphatic rings. The maximum absolute atomic E-state index is 13.6. The van der Waals surface area contributed by atoms with Gasteiger partial charge in [-0.1, -0.05) is 36.4 Å². The minimum Gasteiger partial charge on any atom is -0.481 e. The van der Waals surface area contributed by atoms with E-state index in [1.165, 1.54) is 6.07 Å². The summed E-state index contributed by atoms with van der Waals surface area (Å²) in [6, 6.07) is 11.3. The Hall–Kier alpha value is -2.80. The number of hydrogen-bond acceptors (Lipinski definition) is 4. The van der Waals surface area contributed by atoms with E-state index in [-0.39, 0.29) is 11.5 Å². The van der Waals surface area contributed by atoms with E-state index in [1.54, 1.807) is 30.3 Å². The summed E-state index contributed by atoms with van der Waals surface area (Å²) >= 11 is 0. The summed E-state index contributed by atoms with van der Waals surface area (Å²) in [5, 5.41) is 19.9. The quantitative estimate of drug-likeness (QED) is 0.902. The van der Waals surface area contributed by atoms with Crippen molar-refractivity contribution in [3.8, 4) is 0 Å². The molecule has 0 spiro atoms. The fraction of sp³-hybridized carbons (Fsp3) is 0.176. The summed E-state index contributed by atoms with van der Waals surface area (Å²) in [5.74, 6) is -3.51. The molecule has 0 aliphatic carbocycles. The molecule has 5 nitrogen and oxygen atoms in total. The predicted octanol–water partition coefficient (Wildman–Crippen LogP) is 2.75. The minimum atomic E-state index is -1.93. The number of ether oxygens (including phenoxy) is 1. The van der Waals surface area contributed by atoms with Crippen molar-refractivity contribution in [3.05, 3.63) is 71.3 Å². The van der Waals surface area contributed by atoms with Gasteiger partial charge in [0.2, 0.25) is 5.72 Å². The average molecular weight is 333 g/mol. The van der Waals surface area contributed by atoms with Crippen molar-refractivity contribution < 1.29 is 28.5 Å². The molecular formula is C17H13F2NO4. The molecule has 0 aromatic heterocycles. The predicted molar refractivity (Wildman–Crippen MR) is 80.2 cm³/mol. The number of benzene rings is 2. The van der Waals surface area contributed by atoms with Crippen LogP contribution in [-0.2, 0) is 15.3 Å². The third-order valence-corrected chi connectivity index (χ3v) is 3.66. The second kappa shape index (κ2) is 6.01. The molecule has 3 rings (SSSR count). The van der Waals surface area contributed by atoms with Gasteiger partial charge in [0.05, 0.1) is 0 Å². The van der Waals surface area contributed by atoms with Crippen molar-refractivity contribution in [1.29, 1.82) is 0 Å². The van der Waals surface area contributed by atoms with Crippen molar-refractivity contribution in [1.82, 2.24) is 0 Å². The number of aliphatic hydroxyl groups is 1. The molecule has 1 heterocycles. The lowest BCUT2D eigenvalue weighted by atomic mass is 9.92. The zero-order valence-corrected chi connectivity index (χ0v) is 12.3. The van der Waals surface area contributed by atoms with E-state index in [4.69, 9.17) is 9.84 Å². The SMILES string of the molecule is O=C(O)CC1=NC(O)(c2ccccc2)C(c2ccc(F)c(F)c2)O1. The molecule has 24 heavy (non-hydrogen) atoms. The van der Waals surface area contributed by atoms with E-state index < -0.39 is 35.9 Å². The van der Waals surface area contributed by atoms with Crippen molar-refractivity contribution in [3.63, 3.8) is 0 Å². The Bertz CT molecular complexity index is 809. The molecule has 0 radical (unpaired) electrons. The lowest BCUT2D eigenvalue weighted by Crippen LogP contribution is -2.29. The van der Waals surface area contributed by atoms with Crippen molar-refractivity contribution >= 4 is 11.9 Å². The zero-order chi connectivity index (χ0) is 17.3. The summed E-state index contributed by atoms with van der Waals surface area (Å²) in [6.45, 7) is 0. The third-order valence-electron chi connectivity index (χ3n) is 3.66. The maximum atomic E-state index is 13.6. The molecule has 2 unspecified atom stereocenters. The Kier molecular flexibility index (Phi) is 4.02. The Labute approximate surface area is 135 Å². The molecular weight excluding hydrogens is 320 g/mol. The first kappa shape index (κ1) is 16.1. The fourth-order valence-electron chi connectivity index (χ4n) is 2.58. The topological polar surface area (TPSA) is 79.1 Å². The van der Waals surface area contributed by atoms with Crippen LogP contribution >= 0.6 is 0 Å². The number of nitrogens with zero attached hydrogens (tertiary/aromatic N) is 1. The first-order valence-corrected chi connectivity index (χ1v) is 7.10. The first-order chi connectivity index (χ1) is 11.4. The van der Waals surface area contributed by atoms with Crippen molar-refractivity contribution in [2.75, 3.05) is 0 Å². The molecule has 2 aromatic rings. The monoisotopic (exact) mass is 333 g/mol. The number of rotatable bonds is 4. The molecule has 124 valence electrons. The van der Waals surface area contributed by atoms with Crippen molar-refractivity contribution in [2.45, 2.75) is 18.2 Å². The van der Waals surface area contributed by atoms with E-state index in [0.29, 0.717) is 5.56 Å². The maximum Gasteiger partial charge on any atom is 0.312 e. The highest BCUT2D eigenvalue weighted by atomic mass is 19.2. The molecule has 0 saturated heterocycles. The lowest BCUT2D eigenvalue weighted by Gasteiger charge is -2.26. The molecule has 1 aliphatic heterocycles. The Morgan fingerprint density at radius 3 is 2.50 bits per heavy atom. The number of halogens is 2. The van der Waals surface area contributed by atoms with Gasteiger partial charge in [0.1, 0.15) is 6.42 Å². The van der Waals surface area contributed by atoms with Crippen LogP contribution in [0.15, 0.2) is 53.5 Å². The van der Waals surface area contributed by atoms with Gasteiger partial charge in [-0.15, -0.1) is 0 Å². The van der Waals surface area contributed by atoms with Gasteiger partial charge in [-0.2, -0.15) is 0 Å². The van der Waals surface area contributed by atoms with Crippen LogP contribution in [0.25, 0.3) is 0 Å². The van der Waals surface area contributed by atoms with Gasteiger partial charge in [-0.05, 0) is 12.1 Å². The highest BCUT2D eigenvalue weighted by Gasteiger charge is 2.47. The van der Waals surface area contributed by atoms with Crippen LogP contribution in [0.3, 0.4) is 0 Å². The highest BCUT2D eigenvalue weighted by Crippen LogP contribution is 2.44. The highest BCUT2D eigenvalue weighted by molar-refractivity contribution is 5.94. The average Bonchev–Trinajstić information content (AvgIpc) is 2.88. The van der Waals surface area contributed by atoms with E-state index in [0.717, 1.165) is 12.1 Å². The van der Waals surface area contributed by atoms with Gasteiger partial charge in [-0.25, -0.2) is 13.8 Å². The van der Waals surface area contributed by atoms with E-state index >= 15 is 0 Å². The molecule has 0 saturated carbocycles. The van der Waals surface area contributed by atoms with Crippen LogP contribution < -0.4 is 0 Å². The van der Waals surface area contributed by atoms with Crippen LogP contribution in [0, 0.1) is 11.6 Å². The summed E-state index contributed by atoms with van der Waals surface area (Å²) < 4.78 is 32.2. The molecule has 0 fully saturated rings. The van der Waals surface area contributed by atoms with Crippen LogP contribution in [0.5, 0.6) is 0 Å². The summed E-state index contributed by atoms with van der Waals surface area (Å²) in [7, 11) is 0. The van der Waals surface area contributed by atoms with E-state index in [1.807, 2.05) is 0 Å². The molecule has 7 heteroatoms. The number of hydrogen-bond donors (Lipinski definition) is 2. The van der Waals surface area contributed by atoms with Gasteiger partial charge in [0, 0.05) is 11.1 Å². The van der Waals surface area contributed by atoms with Gasteiger partial charge >= 0.3 is 5.97 Å². The Morgan fingerprint density at radius 1 is 1.17 bits per heavy atom. The third kappa shape index (κ3) is 2.85. The fourth-order valence-corrected chi connectivity index (χ4v) is 2.58. The number of carboxylic acids is 1. The molecule has 2 N–H and O–H groups in total. The van der Waals surface area contributed by atoms with Crippen LogP contribution in [0.2, 0.25) is 0 Å². The van der Waals surface area contributed by atoms with Crippen LogP contribution in [-0.4, -0.2) is 22.1 Å². The number of aliphatic carboxylic acids is 1. The molecule has 0 bridgehead atoms. The Balaban J connectivity index is 2.06. The molecule has 2 atom stereocenters. The lowest BCUT2D eigenvalue weighted by molar-refractivity contribution is -0.135. The van der Waals surface area contributed by atoms with Gasteiger partial charge in [-0.3, -0.25) is 4.79 Å². The summed E-state index contributed by atoms with van der Waals surface area (Å²) in [6.07, 6.45) is -1.72. The van der Waals surface area contributed by atoms with E-state index in [9.17, 15) is 18.7 Å². The zero-order valence-electron chi connectivity index (χ0n) is 12.3. The smallest absolute Gasteiger partial charge is 0.312 e. The van der Waals surface area contributed by atoms with Crippen LogP contribution in [0.1, 0.15) is 23.7 Å². The minimum absolute atomic E-state index is 0.143. The standard InChI is InChI=1S/C17H13F2NO4/c18-12-7-6-10(8-13(12)19)16-17(23,11-4-2-1-3-5-11)20-14(24-16)9-15(21)22/h1-8,16,23H,9H2,(H,21,22). The number of carboxylic acid groups (broad SMARTS) is 1. The normalized spacial score (nSPS) is 22.8. The second-order valence-corrected chi connectivity index (χ2v) is 5.34. The van der Waals surface area contributed by atoms with Gasteiger partial charge < -0.3 is 14.9 Å². The van der Waals surface area contributed by atoms with Crippen LogP contribution in [0.4, 0.5) is 8.78 Å². The number of carbonyl (C=O) groups is 1. The second-order valence-electron chi connectivity index (χ2n) is 5.34. The summed E-state index contributed by atoms with van der Waals surface area (Å²) in [5.41, 5.74) is -1.44.